The Kier molecular flexibility index (Phi) is 4.55. The summed E-state index contributed by atoms with van der Waals surface area (Å²) in [4.78, 5) is 20.0. The fourth-order valence-corrected chi connectivity index (χ4v) is 2.37. The summed E-state index contributed by atoms with van der Waals surface area (Å²) in [7, 11) is 0. The van der Waals surface area contributed by atoms with E-state index in [-0.39, 0.29) is 5.91 Å². The molecule has 1 saturated heterocycles. The van der Waals surface area contributed by atoms with E-state index in [9.17, 15) is 9.90 Å². The number of carbonyl (C=O) groups is 1. The summed E-state index contributed by atoms with van der Waals surface area (Å²) in [5, 5.41) is 9.30. The predicted molar refractivity (Wildman–Crippen MR) is 71.4 cm³/mol. The molecule has 2 heterocycles. The van der Waals surface area contributed by atoms with Gasteiger partial charge in [-0.3, -0.25) is 9.69 Å². The van der Waals surface area contributed by atoms with Gasteiger partial charge in [-0.15, -0.1) is 0 Å². The van der Waals surface area contributed by atoms with E-state index < -0.39 is 6.10 Å². The zero-order chi connectivity index (χ0) is 13.8. The van der Waals surface area contributed by atoms with Gasteiger partial charge in [0.25, 0.3) is 5.91 Å². The van der Waals surface area contributed by atoms with Crippen LogP contribution in [-0.2, 0) is 17.9 Å². The van der Waals surface area contributed by atoms with Gasteiger partial charge >= 0.3 is 0 Å². The number of imidazole rings is 1. The second-order valence-corrected chi connectivity index (χ2v) is 4.91. The van der Waals surface area contributed by atoms with Gasteiger partial charge < -0.3 is 14.6 Å². The van der Waals surface area contributed by atoms with Gasteiger partial charge in [-0.1, -0.05) is 0 Å². The molecule has 1 N–H and O–H groups in total. The molecular formula is C13H22N4O2. The minimum atomic E-state index is -0.898. The van der Waals surface area contributed by atoms with Gasteiger partial charge in [-0.2, -0.15) is 0 Å². The highest BCUT2D eigenvalue weighted by Gasteiger charge is 2.24. The van der Waals surface area contributed by atoms with Crippen LogP contribution in [0.15, 0.2) is 12.4 Å². The summed E-state index contributed by atoms with van der Waals surface area (Å²) in [5.41, 5.74) is 0. The van der Waals surface area contributed by atoms with E-state index in [1.807, 2.05) is 12.4 Å². The third-order valence-electron chi connectivity index (χ3n) is 3.55. The van der Waals surface area contributed by atoms with E-state index in [1.165, 1.54) is 6.92 Å². The minimum Gasteiger partial charge on any atom is -0.384 e. The van der Waals surface area contributed by atoms with Crippen LogP contribution < -0.4 is 0 Å². The van der Waals surface area contributed by atoms with E-state index in [2.05, 4.69) is 21.4 Å². The predicted octanol–water partition coefficient (Wildman–Crippen LogP) is -0.0720. The number of aliphatic hydroxyl groups excluding tert-OH is 1. The Morgan fingerprint density at radius 2 is 2.11 bits per heavy atom. The summed E-state index contributed by atoms with van der Waals surface area (Å²) in [6, 6.07) is 0. The normalized spacial score (nSPS) is 18.6. The number of hydrogen-bond acceptors (Lipinski definition) is 4. The Labute approximate surface area is 113 Å². The average molecular weight is 266 g/mol. The van der Waals surface area contributed by atoms with Gasteiger partial charge in [0.1, 0.15) is 11.9 Å². The molecule has 19 heavy (non-hydrogen) atoms. The molecule has 6 nitrogen and oxygen atoms in total. The van der Waals surface area contributed by atoms with Crippen molar-refractivity contribution >= 4 is 5.91 Å². The molecule has 0 bridgehead atoms. The third-order valence-corrected chi connectivity index (χ3v) is 3.55. The number of aryl methyl sites for hydroxylation is 1. The maximum absolute atomic E-state index is 11.7. The van der Waals surface area contributed by atoms with Gasteiger partial charge in [-0.25, -0.2) is 4.98 Å². The number of piperazine rings is 1. The first-order valence-electron chi connectivity index (χ1n) is 6.81. The van der Waals surface area contributed by atoms with Crippen LogP contribution in [0.5, 0.6) is 0 Å². The Morgan fingerprint density at radius 1 is 1.42 bits per heavy atom. The molecular weight excluding hydrogens is 244 g/mol. The smallest absolute Gasteiger partial charge is 0.251 e. The summed E-state index contributed by atoms with van der Waals surface area (Å²) >= 11 is 0. The van der Waals surface area contributed by atoms with E-state index in [0.717, 1.165) is 32.0 Å². The number of carbonyl (C=O) groups excluding carboxylic acids is 1. The molecule has 0 aromatic carbocycles. The topological polar surface area (TPSA) is 61.6 Å². The largest absolute Gasteiger partial charge is 0.384 e. The van der Waals surface area contributed by atoms with Gasteiger partial charge in [0.05, 0.1) is 6.54 Å². The lowest BCUT2D eigenvalue weighted by Gasteiger charge is -2.35. The first-order chi connectivity index (χ1) is 9.11. The van der Waals surface area contributed by atoms with Crippen LogP contribution in [0.25, 0.3) is 0 Å². The standard InChI is InChI=1S/C13H22N4O2/c1-3-16-5-4-14-12(16)10-15-6-8-17(9-7-15)13(19)11(2)18/h4-5,11,18H,3,6-10H2,1-2H3. The average Bonchev–Trinajstić information content (AvgIpc) is 2.86. The van der Waals surface area contributed by atoms with Crippen molar-refractivity contribution in [2.24, 2.45) is 0 Å². The lowest BCUT2D eigenvalue weighted by molar-refractivity contribution is -0.141. The van der Waals surface area contributed by atoms with Gasteiger partial charge in [-0.05, 0) is 13.8 Å². The van der Waals surface area contributed by atoms with E-state index >= 15 is 0 Å². The maximum Gasteiger partial charge on any atom is 0.251 e. The van der Waals surface area contributed by atoms with Crippen LogP contribution in [0, 0.1) is 0 Å². The monoisotopic (exact) mass is 266 g/mol. The van der Waals surface area contributed by atoms with Crippen LogP contribution in [0.4, 0.5) is 0 Å². The molecule has 0 saturated carbocycles. The Morgan fingerprint density at radius 3 is 2.68 bits per heavy atom. The highest BCUT2D eigenvalue weighted by molar-refractivity contribution is 5.80. The molecule has 1 aliphatic rings. The van der Waals surface area contributed by atoms with Crippen LogP contribution in [0.1, 0.15) is 19.7 Å². The molecule has 6 heteroatoms. The highest BCUT2D eigenvalue weighted by Crippen LogP contribution is 2.08. The number of nitrogens with zero attached hydrogens (tertiary/aromatic N) is 4. The molecule has 1 aromatic rings. The van der Waals surface area contributed by atoms with Crippen molar-refractivity contribution < 1.29 is 9.90 Å². The van der Waals surface area contributed by atoms with Crippen molar-refractivity contribution in [3.63, 3.8) is 0 Å². The molecule has 1 aromatic heterocycles. The maximum atomic E-state index is 11.7. The number of aromatic nitrogens is 2. The van der Waals surface area contributed by atoms with Crippen molar-refractivity contribution in [3.8, 4) is 0 Å². The SMILES string of the molecule is CCn1ccnc1CN1CCN(C(=O)C(C)O)CC1. The number of rotatable bonds is 4. The second kappa shape index (κ2) is 6.16. The fourth-order valence-electron chi connectivity index (χ4n) is 2.37. The van der Waals surface area contributed by atoms with E-state index in [4.69, 9.17) is 0 Å². The molecule has 106 valence electrons. The second-order valence-electron chi connectivity index (χ2n) is 4.91. The lowest BCUT2D eigenvalue weighted by atomic mass is 10.2. The van der Waals surface area contributed by atoms with Crippen LogP contribution >= 0.6 is 0 Å². The molecule has 1 unspecified atom stereocenters. The summed E-state index contributed by atoms with van der Waals surface area (Å²) in [6.45, 7) is 8.38. The molecule has 1 atom stereocenters. The zero-order valence-corrected chi connectivity index (χ0v) is 11.6. The van der Waals surface area contributed by atoms with Gasteiger partial charge in [0.2, 0.25) is 0 Å². The van der Waals surface area contributed by atoms with Crippen LogP contribution in [-0.4, -0.2) is 62.6 Å². The summed E-state index contributed by atoms with van der Waals surface area (Å²) in [6.07, 6.45) is 2.92. The molecule has 1 aliphatic heterocycles. The lowest BCUT2D eigenvalue weighted by Crippen LogP contribution is -2.50. The summed E-state index contributed by atoms with van der Waals surface area (Å²) < 4.78 is 2.13. The molecule has 0 radical (unpaired) electrons. The molecule has 0 aliphatic carbocycles. The van der Waals surface area contributed by atoms with Crippen molar-refractivity contribution in [2.45, 2.75) is 33.0 Å². The van der Waals surface area contributed by atoms with E-state index in [1.54, 1.807) is 4.90 Å². The fraction of sp³-hybridized carbons (Fsp3) is 0.692. The summed E-state index contributed by atoms with van der Waals surface area (Å²) in [5.74, 6) is 0.896. The Hall–Kier alpha value is -1.40. The van der Waals surface area contributed by atoms with Crippen LogP contribution in [0.2, 0.25) is 0 Å². The third kappa shape index (κ3) is 3.33. The highest BCUT2D eigenvalue weighted by atomic mass is 16.3. The molecule has 2 rings (SSSR count). The number of amides is 1. The Bertz CT molecular complexity index is 422. The molecule has 1 amide bonds. The molecule has 1 fully saturated rings. The van der Waals surface area contributed by atoms with E-state index in [0.29, 0.717) is 13.1 Å². The first kappa shape index (κ1) is 14.0. The molecule has 0 spiro atoms. The van der Waals surface area contributed by atoms with Crippen molar-refractivity contribution in [1.29, 1.82) is 0 Å². The number of hydrogen-bond donors (Lipinski definition) is 1. The van der Waals surface area contributed by atoms with Crippen molar-refractivity contribution in [3.05, 3.63) is 18.2 Å². The van der Waals surface area contributed by atoms with Gasteiger partial charge in [0, 0.05) is 45.1 Å². The first-order valence-corrected chi connectivity index (χ1v) is 6.81. The van der Waals surface area contributed by atoms with Crippen molar-refractivity contribution in [1.82, 2.24) is 19.4 Å². The van der Waals surface area contributed by atoms with Gasteiger partial charge in [0.15, 0.2) is 0 Å². The zero-order valence-electron chi connectivity index (χ0n) is 11.6. The quantitative estimate of drug-likeness (QED) is 0.828. The van der Waals surface area contributed by atoms with Crippen LogP contribution in [0.3, 0.4) is 0 Å². The number of aliphatic hydroxyl groups is 1. The Balaban J connectivity index is 1.85. The minimum absolute atomic E-state index is 0.172. The van der Waals surface area contributed by atoms with Crippen molar-refractivity contribution in [2.75, 3.05) is 26.2 Å².